The van der Waals surface area contributed by atoms with Crippen LogP contribution in [0.25, 0.3) is 11.4 Å². The average Bonchev–Trinajstić information content (AvgIpc) is 3.32. The monoisotopic (exact) mass is 496 g/mol. The number of aromatic nitrogens is 3. The number of amides is 1. The van der Waals surface area contributed by atoms with Crippen LogP contribution in [-0.4, -0.2) is 47.3 Å². The quantitative estimate of drug-likeness (QED) is 0.386. The summed E-state index contributed by atoms with van der Waals surface area (Å²) < 4.78 is 18.3. The lowest BCUT2D eigenvalue weighted by atomic mass is 9.95. The van der Waals surface area contributed by atoms with Crippen molar-refractivity contribution in [3.05, 3.63) is 42.5 Å². The first-order valence-corrected chi connectivity index (χ1v) is 12.7. The summed E-state index contributed by atoms with van der Waals surface area (Å²) in [6, 6.07) is 13.4. The van der Waals surface area contributed by atoms with Crippen LogP contribution in [0.5, 0.6) is 17.2 Å². The first kappa shape index (κ1) is 24.9. The number of methoxy groups -OCH3 is 3. The highest BCUT2D eigenvalue weighted by Gasteiger charge is 2.27. The van der Waals surface area contributed by atoms with Gasteiger partial charge in [-0.05, 0) is 62.2 Å². The van der Waals surface area contributed by atoms with E-state index < -0.39 is 0 Å². The van der Waals surface area contributed by atoms with Crippen molar-refractivity contribution in [1.29, 1.82) is 0 Å². The number of nitrogens with one attached hydrogen (secondary N) is 1. The molecular formula is C26H32N4O4S. The van der Waals surface area contributed by atoms with Gasteiger partial charge in [-0.1, -0.05) is 31.0 Å². The van der Waals surface area contributed by atoms with Crippen LogP contribution in [-0.2, 0) is 4.79 Å². The summed E-state index contributed by atoms with van der Waals surface area (Å²) >= 11 is 1.43. The van der Waals surface area contributed by atoms with Gasteiger partial charge in [0.25, 0.3) is 0 Å². The van der Waals surface area contributed by atoms with E-state index in [2.05, 4.69) is 20.1 Å². The summed E-state index contributed by atoms with van der Waals surface area (Å²) in [6.45, 7) is 1.89. The fourth-order valence-electron chi connectivity index (χ4n) is 4.33. The van der Waals surface area contributed by atoms with Crippen LogP contribution in [0.15, 0.2) is 47.6 Å². The minimum absolute atomic E-state index is 0.0916. The average molecular weight is 497 g/mol. The highest BCUT2D eigenvalue weighted by molar-refractivity contribution is 8.00. The maximum atomic E-state index is 12.9. The van der Waals surface area contributed by atoms with E-state index in [1.54, 1.807) is 21.3 Å². The third-order valence-electron chi connectivity index (χ3n) is 6.26. The molecule has 4 rings (SSSR count). The number of anilines is 1. The molecule has 1 N–H and O–H groups in total. The number of carbonyl (C=O) groups is 1. The van der Waals surface area contributed by atoms with Gasteiger partial charge in [0.15, 0.2) is 22.5 Å². The van der Waals surface area contributed by atoms with Crippen LogP contribution in [0.3, 0.4) is 0 Å². The third-order valence-corrected chi connectivity index (χ3v) is 7.31. The van der Waals surface area contributed by atoms with Gasteiger partial charge in [0.1, 0.15) is 5.75 Å². The van der Waals surface area contributed by atoms with E-state index in [9.17, 15) is 4.79 Å². The molecule has 0 aliphatic heterocycles. The third kappa shape index (κ3) is 5.73. The van der Waals surface area contributed by atoms with Crippen molar-refractivity contribution in [2.75, 3.05) is 26.6 Å². The fourth-order valence-corrected chi connectivity index (χ4v) is 5.25. The molecular weight excluding hydrogens is 464 g/mol. The summed E-state index contributed by atoms with van der Waals surface area (Å²) in [6.07, 6.45) is 5.72. The minimum Gasteiger partial charge on any atom is -0.497 e. The second kappa shape index (κ2) is 11.5. The molecule has 1 unspecified atom stereocenters. The van der Waals surface area contributed by atoms with Gasteiger partial charge in [-0.3, -0.25) is 9.36 Å². The Kier molecular flexibility index (Phi) is 8.17. The lowest BCUT2D eigenvalue weighted by Gasteiger charge is -2.26. The van der Waals surface area contributed by atoms with E-state index in [0.717, 1.165) is 40.8 Å². The number of hydrogen-bond acceptors (Lipinski definition) is 7. The van der Waals surface area contributed by atoms with Crippen molar-refractivity contribution in [2.24, 2.45) is 0 Å². The molecule has 0 radical (unpaired) electrons. The van der Waals surface area contributed by atoms with Crippen molar-refractivity contribution in [2.45, 2.75) is 55.5 Å². The van der Waals surface area contributed by atoms with Crippen LogP contribution < -0.4 is 19.5 Å². The van der Waals surface area contributed by atoms with E-state index in [-0.39, 0.29) is 11.2 Å². The number of benzene rings is 2. The summed E-state index contributed by atoms with van der Waals surface area (Å²) in [7, 11) is 4.86. The van der Waals surface area contributed by atoms with Gasteiger partial charge in [-0.25, -0.2) is 0 Å². The molecule has 1 heterocycles. The molecule has 2 aromatic carbocycles. The minimum atomic E-state index is -0.359. The molecule has 1 aliphatic rings. The zero-order valence-electron chi connectivity index (χ0n) is 20.6. The fraction of sp³-hybridized carbons (Fsp3) is 0.423. The van der Waals surface area contributed by atoms with Crippen LogP contribution in [0.2, 0.25) is 0 Å². The van der Waals surface area contributed by atoms with Crippen molar-refractivity contribution in [1.82, 2.24) is 14.8 Å². The van der Waals surface area contributed by atoms with Gasteiger partial charge >= 0.3 is 0 Å². The highest BCUT2D eigenvalue weighted by Crippen LogP contribution is 2.38. The Morgan fingerprint density at radius 1 is 0.971 bits per heavy atom. The Morgan fingerprint density at radius 2 is 1.69 bits per heavy atom. The second-order valence-corrected chi connectivity index (χ2v) is 9.82. The van der Waals surface area contributed by atoms with E-state index in [4.69, 9.17) is 14.2 Å². The maximum Gasteiger partial charge on any atom is 0.237 e. The lowest BCUT2D eigenvalue weighted by Crippen LogP contribution is -2.23. The molecule has 35 heavy (non-hydrogen) atoms. The predicted octanol–water partition coefficient (Wildman–Crippen LogP) is 5.60. The normalized spacial score (nSPS) is 14.9. The summed E-state index contributed by atoms with van der Waals surface area (Å²) in [5, 5.41) is 12.4. The van der Waals surface area contributed by atoms with Crippen molar-refractivity contribution in [3.8, 4) is 28.6 Å². The lowest BCUT2D eigenvalue weighted by molar-refractivity contribution is -0.115. The van der Waals surface area contributed by atoms with Gasteiger partial charge in [-0.2, -0.15) is 0 Å². The zero-order chi connectivity index (χ0) is 24.8. The smallest absolute Gasteiger partial charge is 0.237 e. The molecule has 0 saturated heterocycles. The Morgan fingerprint density at radius 3 is 2.34 bits per heavy atom. The van der Waals surface area contributed by atoms with Crippen molar-refractivity contribution >= 4 is 23.4 Å². The van der Waals surface area contributed by atoms with Crippen LogP contribution >= 0.6 is 11.8 Å². The molecule has 1 amide bonds. The van der Waals surface area contributed by atoms with Gasteiger partial charge in [0, 0.05) is 17.3 Å². The van der Waals surface area contributed by atoms with Gasteiger partial charge in [0.2, 0.25) is 5.91 Å². The molecule has 0 spiro atoms. The molecule has 3 aromatic rings. The molecule has 186 valence electrons. The van der Waals surface area contributed by atoms with Gasteiger partial charge < -0.3 is 19.5 Å². The first-order valence-electron chi connectivity index (χ1n) is 11.8. The first-order chi connectivity index (χ1) is 17.0. The summed E-state index contributed by atoms with van der Waals surface area (Å²) in [4.78, 5) is 12.9. The van der Waals surface area contributed by atoms with Gasteiger partial charge in [-0.15, -0.1) is 10.2 Å². The Labute approximate surface area is 210 Å². The predicted molar refractivity (Wildman–Crippen MR) is 138 cm³/mol. The standard InChI is InChI=1S/C26H32N4O4S/c1-17(25(31)27-19-11-13-21(32-2)14-12-19)35-26-29-28-24(30(26)20-8-6-5-7-9-20)18-10-15-22(33-3)23(16-18)34-4/h10-17,20H,5-9H2,1-4H3,(H,27,31). The van der Waals surface area contributed by atoms with Crippen molar-refractivity contribution in [3.63, 3.8) is 0 Å². The number of nitrogens with zero attached hydrogens (tertiary/aromatic N) is 3. The molecule has 9 heteroatoms. The maximum absolute atomic E-state index is 12.9. The molecule has 0 bridgehead atoms. The molecule has 1 saturated carbocycles. The van der Waals surface area contributed by atoms with E-state index in [1.165, 1.54) is 31.0 Å². The van der Waals surface area contributed by atoms with Crippen molar-refractivity contribution < 1.29 is 19.0 Å². The zero-order valence-corrected chi connectivity index (χ0v) is 21.4. The molecule has 1 atom stereocenters. The van der Waals surface area contributed by atoms with E-state index in [1.807, 2.05) is 49.4 Å². The number of carbonyl (C=O) groups excluding carboxylic acids is 1. The Balaban J connectivity index is 1.59. The van der Waals surface area contributed by atoms with Crippen LogP contribution in [0.1, 0.15) is 45.1 Å². The molecule has 8 nitrogen and oxygen atoms in total. The van der Waals surface area contributed by atoms with Crippen LogP contribution in [0.4, 0.5) is 5.69 Å². The van der Waals surface area contributed by atoms with E-state index in [0.29, 0.717) is 17.5 Å². The molecule has 1 aliphatic carbocycles. The number of hydrogen-bond donors (Lipinski definition) is 1. The summed E-state index contributed by atoms with van der Waals surface area (Å²) in [5.41, 5.74) is 1.63. The number of thioether (sulfide) groups is 1. The van der Waals surface area contributed by atoms with E-state index >= 15 is 0 Å². The second-order valence-electron chi connectivity index (χ2n) is 8.52. The molecule has 1 aromatic heterocycles. The molecule has 1 fully saturated rings. The Hall–Kier alpha value is -3.20. The highest BCUT2D eigenvalue weighted by atomic mass is 32.2. The topological polar surface area (TPSA) is 87.5 Å². The Bertz CT molecular complexity index is 1140. The summed E-state index contributed by atoms with van der Waals surface area (Å²) in [5.74, 6) is 2.74. The number of ether oxygens (including phenoxy) is 3. The number of rotatable bonds is 9. The largest absolute Gasteiger partial charge is 0.497 e. The SMILES string of the molecule is COc1ccc(NC(=O)C(C)Sc2nnc(-c3ccc(OC)c(OC)c3)n2C2CCCCC2)cc1. The van der Waals surface area contributed by atoms with Crippen LogP contribution in [0, 0.1) is 0 Å². The van der Waals surface area contributed by atoms with Gasteiger partial charge in [0.05, 0.1) is 26.6 Å².